The molecule has 0 aromatic carbocycles. The molecular weight excluding hydrogens is 302 g/mol. The lowest BCUT2D eigenvalue weighted by molar-refractivity contribution is 0.169. The van der Waals surface area contributed by atoms with Crippen molar-refractivity contribution in [1.82, 2.24) is 14.7 Å². The van der Waals surface area contributed by atoms with E-state index in [4.69, 9.17) is 5.73 Å². The van der Waals surface area contributed by atoms with Crippen LogP contribution in [0.1, 0.15) is 38.5 Å². The van der Waals surface area contributed by atoms with Gasteiger partial charge in [0.2, 0.25) is 0 Å². The Morgan fingerprint density at radius 2 is 2.00 bits per heavy atom. The summed E-state index contributed by atoms with van der Waals surface area (Å²) in [7, 11) is 2.19. The molecule has 1 atom stereocenters. The third kappa shape index (κ3) is 4.16. The van der Waals surface area contributed by atoms with Crippen molar-refractivity contribution in [3.05, 3.63) is 22.6 Å². The van der Waals surface area contributed by atoms with Crippen molar-refractivity contribution < 1.29 is 0 Å². The SMILES string of the molecule is CN1CCCCC1CCn1ncc(N2CCC(CN)CC2)cc1=O. The highest BCUT2D eigenvalue weighted by Gasteiger charge is 2.20. The normalized spacial score (nSPS) is 23.6. The topological polar surface area (TPSA) is 67.4 Å². The van der Waals surface area contributed by atoms with E-state index in [1.165, 1.54) is 25.8 Å². The summed E-state index contributed by atoms with van der Waals surface area (Å²) < 4.78 is 1.62. The van der Waals surface area contributed by atoms with E-state index in [2.05, 4.69) is 21.9 Å². The highest BCUT2D eigenvalue weighted by molar-refractivity contribution is 5.43. The Labute approximate surface area is 144 Å². The van der Waals surface area contributed by atoms with Gasteiger partial charge in [-0.05, 0) is 58.2 Å². The fraction of sp³-hybridized carbons (Fsp3) is 0.778. The van der Waals surface area contributed by atoms with Crippen molar-refractivity contribution in [2.45, 2.75) is 51.1 Å². The van der Waals surface area contributed by atoms with Crippen LogP contribution in [0, 0.1) is 5.92 Å². The first kappa shape index (κ1) is 17.4. The summed E-state index contributed by atoms with van der Waals surface area (Å²) >= 11 is 0. The number of piperidine rings is 2. The van der Waals surface area contributed by atoms with Gasteiger partial charge in [0, 0.05) is 31.7 Å². The van der Waals surface area contributed by atoms with Crippen LogP contribution < -0.4 is 16.2 Å². The molecule has 6 nitrogen and oxygen atoms in total. The third-order valence-corrected chi connectivity index (χ3v) is 5.76. The second-order valence-corrected chi connectivity index (χ2v) is 7.36. The Balaban J connectivity index is 1.57. The molecule has 2 aliphatic heterocycles. The predicted molar refractivity (Wildman–Crippen MR) is 97.4 cm³/mol. The zero-order valence-corrected chi connectivity index (χ0v) is 14.9. The summed E-state index contributed by atoms with van der Waals surface area (Å²) in [5.41, 5.74) is 6.73. The van der Waals surface area contributed by atoms with Gasteiger partial charge in [0.25, 0.3) is 5.56 Å². The average molecular weight is 333 g/mol. The minimum absolute atomic E-state index is 0.0203. The Hall–Kier alpha value is -1.40. The molecule has 0 amide bonds. The molecule has 1 aromatic rings. The quantitative estimate of drug-likeness (QED) is 0.879. The van der Waals surface area contributed by atoms with Gasteiger partial charge in [0.15, 0.2) is 0 Å². The maximum absolute atomic E-state index is 12.4. The van der Waals surface area contributed by atoms with Crippen LogP contribution >= 0.6 is 0 Å². The van der Waals surface area contributed by atoms with Crippen LogP contribution in [0.3, 0.4) is 0 Å². The number of hydrogen-bond acceptors (Lipinski definition) is 5. The molecule has 134 valence electrons. The summed E-state index contributed by atoms with van der Waals surface area (Å²) in [6.45, 7) is 4.59. The van der Waals surface area contributed by atoms with Crippen molar-refractivity contribution >= 4 is 5.69 Å². The third-order valence-electron chi connectivity index (χ3n) is 5.76. The molecule has 3 rings (SSSR count). The molecular formula is C18H31N5O. The molecule has 2 saturated heterocycles. The lowest BCUT2D eigenvalue weighted by atomic mass is 9.97. The van der Waals surface area contributed by atoms with Crippen molar-refractivity contribution in [3.63, 3.8) is 0 Å². The minimum Gasteiger partial charge on any atom is -0.370 e. The van der Waals surface area contributed by atoms with Gasteiger partial charge in [0.05, 0.1) is 11.9 Å². The fourth-order valence-electron chi connectivity index (χ4n) is 3.97. The van der Waals surface area contributed by atoms with E-state index in [0.29, 0.717) is 18.5 Å². The van der Waals surface area contributed by atoms with Crippen LogP contribution in [0.2, 0.25) is 0 Å². The number of aromatic nitrogens is 2. The van der Waals surface area contributed by atoms with Gasteiger partial charge < -0.3 is 15.5 Å². The van der Waals surface area contributed by atoms with Gasteiger partial charge in [-0.2, -0.15) is 5.10 Å². The summed E-state index contributed by atoms with van der Waals surface area (Å²) in [5, 5.41) is 4.42. The van der Waals surface area contributed by atoms with E-state index in [0.717, 1.165) is 44.6 Å². The van der Waals surface area contributed by atoms with Crippen molar-refractivity contribution in [3.8, 4) is 0 Å². The lowest BCUT2D eigenvalue weighted by Crippen LogP contribution is -2.38. The number of nitrogens with zero attached hydrogens (tertiary/aromatic N) is 4. The van der Waals surface area contributed by atoms with Crippen LogP contribution in [-0.2, 0) is 6.54 Å². The lowest BCUT2D eigenvalue weighted by Gasteiger charge is -2.33. The standard InChI is InChI=1S/C18H31N5O/c1-21-8-3-2-4-16(21)7-11-23-18(24)12-17(14-20-23)22-9-5-15(13-19)6-10-22/h12,14-16H,2-11,13,19H2,1H3. The highest BCUT2D eigenvalue weighted by atomic mass is 16.1. The van der Waals surface area contributed by atoms with Gasteiger partial charge in [0.1, 0.15) is 0 Å². The molecule has 0 spiro atoms. The first-order valence-corrected chi connectivity index (χ1v) is 9.40. The molecule has 1 unspecified atom stereocenters. The molecule has 24 heavy (non-hydrogen) atoms. The molecule has 1 aromatic heterocycles. The molecule has 0 bridgehead atoms. The van der Waals surface area contributed by atoms with E-state index in [1.807, 2.05) is 6.20 Å². The Kier molecular flexibility index (Phi) is 5.89. The molecule has 2 aliphatic rings. The molecule has 3 heterocycles. The number of likely N-dealkylation sites (tertiary alicyclic amines) is 1. The number of aryl methyl sites for hydroxylation is 1. The van der Waals surface area contributed by atoms with E-state index < -0.39 is 0 Å². The molecule has 2 fully saturated rings. The monoisotopic (exact) mass is 333 g/mol. The van der Waals surface area contributed by atoms with Crippen LogP contribution in [0.15, 0.2) is 17.1 Å². The summed E-state index contributed by atoms with van der Waals surface area (Å²) in [4.78, 5) is 17.1. The van der Waals surface area contributed by atoms with Gasteiger partial charge >= 0.3 is 0 Å². The summed E-state index contributed by atoms with van der Waals surface area (Å²) in [6.07, 6.45) is 8.90. The molecule has 2 N–H and O–H groups in total. The van der Waals surface area contributed by atoms with E-state index in [9.17, 15) is 4.79 Å². The zero-order valence-electron chi connectivity index (χ0n) is 14.9. The minimum atomic E-state index is 0.0203. The first-order chi connectivity index (χ1) is 11.7. The summed E-state index contributed by atoms with van der Waals surface area (Å²) in [5.74, 6) is 0.627. The smallest absolute Gasteiger partial charge is 0.268 e. The first-order valence-electron chi connectivity index (χ1n) is 9.40. The molecule has 0 saturated carbocycles. The van der Waals surface area contributed by atoms with Crippen molar-refractivity contribution in [2.75, 3.05) is 38.1 Å². The molecule has 0 aliphatic carbocycles. The van der Waals surface area contributed by atoms with Crippen LogP contribution in [-0.4, -0.2) is 53.9 Å². The number of rotatable bonds is 5. The largest absolute Gasteiger partial charge is 0.370 e. The molecule has 0 radical (unpaired) electrons. The van der Waals surface area contributed by atoms with E-state index >= 15 is 0 Å². The fourth-order valence-corrected chi connectivity index (χ4v) is 3.97. The van der Waals surface area contributed by atoms with Crippen LogP contribution in [0.25, 0.3) is 0 Å². The van der Waals surface area contributed by atoms with E-state index in [1.54, 1.807) is 10.7 Å². The number of anilines is 1. The van der Waals surface area contributed by atoms with Gasteiger partial charge in [-0.1, -0.05) is 6.42 Å². The maximum atomic E-state index is 12.4. The van der Waals surface area contributed by atoms with Crippen molar-refractivity contribution in [2.24, 2.45) is 11.7 Å². The summed E-state index contributed by atoms with van der Waals surface area (Å²) in [6, 6.07) is 2.34. The second-order valence-electron chi connectivity index (χ2n) is 7.36. The Bertz CT molecular complexity index is 579. The van der Waals surface area contributed by atoms with Crippen molar-refractivity contribution in [1.29, 1.82) is 0 Å². The predicted octanol–water partition coefficient (Wildman–Crippen LogP) is 1.29. The van der Waals surface area contributed by atoms with Gasteiger partial charge in [-0.25, -0.2) is 4.68 Å². The van der Waals surface area contributed by atoms with Gasteiger partial charge in [-0.3, -0.25) is 4.79 Å². The maximum Gasteiger partial charge on any atom is 0.268 e. The zero-order chi connectivity index (χ0) is 16.9. The van der Waals surface area contributed by atoms with E-state index in [-0.39, 0.29) is 5.56 Å². The Morgan fingerprint density at radius 3 is 2.67 bits per heavy atom. The van der Waals surface area contributed by atoms with Crippen LogP contribution in [0.4, 0.5) is 5.69 Å². The highest BCUT2D eigenvalue weighted by Crippen LogP contribution is 2.21. The average Bonchev–Trinajstić information content (AvgIpc) is 2.62. The molecule has 6 heteroatoms. The van der Waals surface area contributed by atoms with Gasteiger partial charge in [-0.15, -0.1) is 0 Å². The van der Waals surface area contributed by atoms with Crippen LogP contribution in [0.5, 0.6) is 0 Å². The number of hydrogen-bond donors (Lipinski definition) is 1. The number of nitrogens with two attached hydrogens (primary N) is 1. The Morgan fingerprint density at radius 1 is 1.21 bits per heavy atom. The second kappa shape index (κ2) is 8.12.